The predicted molar refractivity (Wildman–Crippen MR) is 125 cm³/mol. The van der Waals surface area contributed by atoms with E-state index in [0.29, 0.717) is 36.2 Å². The van der Waals surface area contributed by atoms with Crippen molar-refractivity contribution in [3.8, 4) is 28.8 Å². The summed E-state index contributed by atoms with van der Waals surface area (Å²) in [7, 11) is -1.80. The molecule has 34 heavy (non-hydrogen) atoms. The summed E-state index contributed by atoms with van der Waals surface area (Å²) in [5.74, 6) is 1.69. The molecule has 0 aromatic carbocycles. The van der Waals surface area contributed by atoms with Gasteiger partial charge in [0.2, 0.25) is 11.8 Å². The minimum Gasteiger partial charge on any atom is -0.488 e. The largest absolute Gasteiger partial charge is 0.488 e. The number of pyridine rings is 2. The Bertz CT molecular complexity index is 1290. The first-order valence-electron chi connectivity index (χ1n) is 10.6. The number of hydrogen-bond donors (Lipinski definition) is 1. The smallest absolute Gasteiger partial charge is 0.233 e. The van der Waals surface area contributed by atoms with E-state index in [-0.39, 0.29) is 23.1 Å². The Balaban J connectivity index is 1.64. The summed E-state index contributed by atoms with van der Waals surface area (Å²) in [5.41, 5.74) is 2.06. The molecule has 0 saturated heterocycles. The average Bonchev–Trinajstić information content (AvgIpc) is 3.43. The zero-order valence-corrected chi connectivity index (χ0v) is 20.1. The predicted octanol–water partition coefficient (Wildman–Crippen LogP) is 3.25. The van der Waals surface area contributed by atoms with E-state index < -0.39 is 9.84 Å². The van der Waals surface area contributed by atoms with E-state index in [1.807, 2.05) is 26.0 Å². The highest BCUT2D eigenvalue weighted by atomic mass is 32.2. The molecule has 4 rings (SSSR count). The second-order valence-corrected chi connectivity index (χ2v) is 9.94. The summed E-state index contributed by atoms with van der Waals surface area (Å²) in [5, 5.41) is -0.0377. The number of rotatable bonds is 9. The molecule has 0 amide bonds. The first-order chi connectivity index (χ1) is 16.2. The minimum atomic E-state index is -3.41. The lowest BCUT2D eigenvalue weighted by atomic mass is 10.2. The Morgan fingerprint density at radius 3 is 2.62 bits per heavy atom. The number of ether oxygens (including phenoxy) is 4. The van der Waals surface area contributed by atoms with Gasteiger partial charge in [0.15, 0.2) is 14.9 Å². The highest BCUT2D eigenvalue weighted by Gasteiger charge is 2.19. The Labute approximate surface area is 197 Å². The second-order valence-electron chi connectivity index (χ2n) is 7.98. The number of aromatic amines is 1. The third-order valence-electron chi connectivity index (χ3n) is 4.82. The summed E-state index contributed by atoms with van der Waals surface area (Å²) in [6.45, 7) is 4.88. The van der Waals surface area contributed by atoms with Gasteiger partial charge in [0, 0.05) is 25.5 Å². The topological polar surface area (TPSA) is 125 Å². The summed E-state index contributed by atoms with van der Waals surface area (Å²) in [4.78, 5) is 16.2. The number of H-pyrrole nitrogens is 1. The fourth-order valence-electron chi connectivity index (χ4n) is 3.30. The number of sulfone groups is 1. The molecule has 0 radical (unpaired) electrons. The molecule has 3 aromatic heterocycles. The molecule has 0 saturated carbocycles. The molecule has 0 bridgehead atoms. The number of nitrogens with one attached hydrogen (secondary N) is 1. The van der Waals surface area contributed by atoms with E-state index in [1.54, 1.807) is 19.2 Å². The van der Waals surface area contributed by atoms with Gasteiger partial charge in [0.1, 0.15) is 29.4 Å². The Morgan fingerprint density at radius 2 is 1.97 bits per heavy atom. The number of nitrogens with zero attached hydrogens (tertiary/aromatic N) is 3. The van der Waals surface area contributed by atoms with Crippen LogP contribution < -0.4 is 9.47 Å². The lowest BCUT2D eigenvalue weighted by molar-refractivity contribution is 0.0919. The van der Waals surface area contributed by atoms with E-state index >= 15 is 0 Å². The van der Waals surface area contributed by atoms with Crippen LogP contribution in [0.3, 0.4) is 0 Å². The summed E-state index contributed by atoms with van der Waals surface area (Å²) in [6, 6.07) is 10.1. The zero-order valence-electron chi connectivity index (χ0n) is 19.3. The Kier molecular flexibility index (Phi) is 6.85. The summed E-state index contributed by atoms with van der Waals surface area (Å²) >= 11 is 0. The number of methoxy groups -OCH3 is 1. The van der Waals surface area contributed by atoms with Crippen molar-refractivity contribution in [2.24, 2.45) is 4.99 Å². The molecule has 3 aromatic rings. The van der Waals surface area contributed by atoms with Crippen LogP contribution in [0.2, 0.25) is 0 Å². The van der Waals surface area contributed by atoms with Crippen molar-refractivity contribution in [3.05, 3.63) is 48.3 Å². The van der Waals surface area contributed by atoms with Gasteiger partial charge in [0.25, 0.3) is 0 Å². The quantitative estimate of drug-likeness (QED) is 0.489. The molecule has 0 aliphatic carbocycles. The van der Waals surface area contributed by atoms with Gasteiger partial charge in [0.05, 0.1) is 30.7 Å². The van der Waals surface area contributed by atoms with Crippen molar-refractivity contribution >= 4 is 15.7 Å². The fraction of sp³-hybridized carbons (Fsp3) is 0.348. The van der Waals surface area contributed by atoms with Crippen LogP contribution in [-0.2, 0) is 19.3 Å². The van der Waals surface area contributed by atoms with Gasteiger partial charge >= 0.3 is 0 Å². The van der Waals surface area contributed by atoms with E-state index in [4.69, 9.17) is 18.9 Å². The molecular weight excluding hydrogens is 460 g/mol. The molecule has 11 heteroatoms. The van der Waals surface area contributed by atoms with E-state index in [2.05, 4.69) is 19.9 Å². The van der Waals surface area contributed by atoms with Gasteiger partial charge in [-0.3, -0.25) is 0 Å². The molecule has 1 aliphatic rings. The molecular formula is C23H26N4O6S. The third-order valence-corrected chi connectivity index (χ3v) is 5.82. The van der Waals surface area contributed by atoms with E-state index in [9.17, 15) is 8.42 Å². The van der Waals surface area contributed by atoms with Crippen LogP contribution in [0.4, 0.5) is 0 Å². The van der Waals surface area contributed by atoms with Crippen LogP contribution in [0.1, 0.15) is 19.5 Å². The lowest BCUT2D eigenvalue weighted by Crippen LogP contribution is -2.18. The molecule has 1 aliphatic heterocycles. The fourth-order valence-corrected chi connectivity index (χ4v) is 3.86. The van der Waals surface area contributed by atoms with Crippen molar-refractivity contribution < 1.29 is 27.4 Å². The Hall–Kier alpha value is -3.44. The van der Waals surface area contributed by atoms with Crippen molar-refractivity contribution in [1.82, 2.24) is 15.0 Å². The molecule has 2 unspecified atom stereocenters. The molecule has 1 N–H and O–H groups in total. The zero-order chi connectivity index (χ0) is 24.3. The van der Waals surface area contributed by atoms with Crippen molar-refractivity contribution in [1.29, 1.82) is 0 Å². The SMILES string of the molecule is COCC(C)Oc1cc(Oc2ccc(S(C)(=O)=O)nc2)nc(-c2ccc(C3=NCC(C)O3)[nH]2)c1. The monoisotopic (exact) mass is 486 g/mol. The number of aliphatic imine (C=N–C) groups is 1. The third kappa shape index (κ3) is 5.72. The second kappa shape index (κ2) is 9.82. The van der Waals surface area contributed by atoms with Crippen molar-refractivity contribution in [2.45, 2.75) is 31.1 Å². The highest BCUT2D eigenvalue weighted by molar-refractivity contribution is 7.90. The van der Waals surface area contributed by atoms with Crippen LogP contribution in [0.25, 0.3) is 11.4 Å². The minimum absolute atomic E-state index is 0.0377. The van der Waals surface area contributed by atoms with Crippen LogP contribution in [-0.4, -0.2) is 68.0 Å². The lowest BCUT2D eigenvalue weighted by Gasteiger charge is -2.15. The number of hydrogen-bond acceptors (Lipinski definition) is 9. The van der Waals surface area contributed by atoms with Gasteiger partial charge in [-0.15, -0.1) is 0 Å². The molecule has 180 valence electrons. The van der Waals surface area contributed by atoms with Crippen molar-refractivity contribution in [2.75, 3.05) is 26.5 Å². The average molecular weight is 487 g/mol. The van der Waals surface area contributed by atoms with Crippen LogP contribution in [0.15, 0.2) is 52.6 Å². The molecule has 0 fully saturated rings. The maximum atomic E-state index is 11.7. The molecule has 4 heterocycles. The van der Waals surface area contributed by atoms with Crippen LogP contribution >= 0.6 is 0 Å². The number of aromatic nitrogens is 3. The van der Waals surface area contributed by atoms with Crippen LogP contribution in [0.5, 0.6) is 17.4 Å². The van der Waals surface area contributed by atoms with Gasteiger partial charge in [-0.2, -0.15) is 0 Å². The van der Waals surface area contributed by atoms with Gasteiger partial charge in [-0.1, -0.05) is 0 Å². The van der Waals surface area contributed by atoms with Crippen molar-refractivity contribution in [3.63, 3.8) is 0 Å². The van der Waals surface area contributed by atoms with E-state index in [0.717, 1.165) is 17.6 Å². The van der Waals surface area contributed by atoms with E-state index in [1.165, 1.54) is 18.3 Å². The summed E-state index contributed by atoms with van der Waals surface area (Å²) in [6.07, 6.45) is 2.27. The van der Waals surface area contributed by atoms with Gasteiger partial charge in [-0.25, -0.2) is 23.4 Å². The summed E-state index contributed by atoms with van der Waals surface area (Å²) < 4.78 is 46.0. The van der Waals surface area contributed by atoms with Gasteiger partial charge < -0.3 is 23.9 Å². The van der Waals surface area contributed by atoms with Gasteiger partial charge in [-0.05, 0) is 38.1 Å². The Morgan fingerprint density at radius 1 is 1.18 bits per heavy atom. The molecule has 2 atom stereocenters. The first kappa shape index (κ1) is 23.7. The molecule has 10 nitrogen and oxygen atoms in total. The molecule has 0 spiro atoms. The first-order valence-corrected chi connectivity index (χ1v) is 12.5. The maximum Gasteiger partial charge on any atom is 0.233 e. The maximum absolute atomic E-state index is 11.7. The van der Waals surface area contributed by atoms with Crippen LogP contribution in [0, 0.1) is 0 Å². The normalized spacial score (nSPS) is 16.6. The standard InChI is InChI=1S/C23H26N4O6S/c1-14-11-25-23(32-14)19-7-6-18(26-19)20-9-17(31-15(2)13-30-3)10-21(27-20)33-16-5-8-22(24-12-16)34(4,28)29/h5-10,12,14-15,26H,11,13H2,1-4H3. The highest BCUT2D eigenvalue weighted by Crippen LogP contribution is 2.30.